The average Bonchev–Trinajstić information content (AvgIpc) is 2.47. The second-order valence-corrected chi connectivity index (χ2v) is 4.80. The molecule has 0 bridgehead atoms. The van der Waals surface area contributed by atoms with Crippen LogP contribution < -0.4 is 5.32 Å². The molecule has 2 N–H and O–H groups in total. The number of carboxylic acid groups (broad SMARTS) is 1. The number of pyridine rings is 1. The van der Waals surface area contributed by atoms with E-state index in [1.54, 1.807) is 12.3 Å². The number of carbonyl (C=O) groups is 2. The van der Waals surface area contributed by atoms with Gasteiger partial charge in [0.15, 0.2) is 0 Å². The molecule has 21 heavy (non-hydrogen) atoms. The van der Waals surface area contributed by atoms with E-state index in [4.69, 9.17) is 0 Å². The Hall–Kier alpha value is -2.69. The third kappa shape index (κ3) is 4.14. The summed E-state index contributed by atoms with van der Waals surface area (Å²) < 4.78 is 0. The molecule has 0 aliphatic rings. The Bertz CT molecular complexity index is 641. The first kappa shape index (κ1) is 14.7. The van der Waals surface area contributed by atoms with E-state index in [1.165, 1.54) is 6.20 Å². The van der Waals surface area contributed by atoms with E-state index >= 15 is 0 Å². The summed E-state index contributed by atoms with van der Waals surface area (Å²) in [6, 6.07) is 9.88. The first-order chi connectivity index (χ1) is 10.1. The number of amides is 1. The zero-order valence-corrected chi connectivity index (χ0v) is 11.6. The Labute approximate surface area is 122 Å². The highest BCUT2D eigenvalue weighted by atomic mass is 16.4. The second kappa shape index (κ2) is 6.65. The number of carboxylic acids is 1. The molecule has 108 valence electrons. The number of rotatable bonds is 5. The lowest BCUT2D eigenvalue weighted by atomic mass is 10.1. The normalized spacial score (nSPS) is 11.7. The Balaban J connectivity index is 2.10. The van der Waals surface area contributed by atoms with Crippen molar-refractivity contribution in [2.24, 2.45) is 0 Å². The van der Waals surface area contributed by atoms with E-state index in [-0.39, 0.29) is 6.42 Å². The maximum atomic E-state index is 12.1. The third-order valence-electron chi connectivity index (χ3n) is 3.02. The Morgan fingerprint density at radius 1 is 1.24 bits per heavy atom. The maximum absolute atomic E-state index is 12.1. The molecule has 0 aliphatic carbocycles. The molecule has 2 rings (SSSR count). The molecule has 0 fully saturated rings. The van der Waals surface area contributed by atoms with Crippen LogP contribution >= 0.6 is 0 Å². The molecular weight excluding hydrogens is 268 g/mol. The van der Waals surface area contributed by atoms with E-state index in [9.17, 15) is 14.7 Å². The van der Waals surface area contributed by atoms with Crippen LogP contribution in [0, 0.1) is 6.92 Å². The fraction of sp³-hybridized carbons (Fsp3) is 0.188. The minimum Gasteiger partial charge on any atom is -0.480 e. The summed E-state index contributed by atoms with van der Waals surface area (Å²) in [5.41, 5.74) is 2.06. The van der Waals surface area contributed by atoms with E-state index in [2.05, 4.69) is 10.3 Å². The lowest BCUT2D eigenvalue weighted by Crippen LogP contribution is -2.42. The Morgan fingerprint density at radius 3 is 2.57 bits per heavy atom. The molecule has 0 spiro atoms. The van der Waals surface area contributed by atoms with Crippen molar-refractivity contribution in [1.82, 2.24) is 10.3 Å². The minimum atomic E-state index is -1.06. The van der Waals surface area contributed by atoms with Crippen molar-refractivity contribution in [2.75, 3.05) is 0 Å². The highest BCUT2D eigenvalue weighted by molar-refractivity contribution is 5.96. The van der Waals surface area contributed by atoms with Gasteiger partial charge < -0.3 is 10.4 Å². The van der Waals surface area contributed by atoms with Gasteiger partial charge in [0, 0.05) is 18.8 Å². The van der Waals surface area contributed by atoms with Crippen molar-refractivity contribution < 1.29 is 14.7 Å². The summed E-state index contributed by atoms with van der Waals surface area (Å²) in [6.07, 6.45) is 3.29. The Morgan fingerprint density at radius 2 is 1.95 bits per heavy atom. The largest absolute Gasteiger partial charge is 0.480 e. The lowest BCUT2D eigenvalue weighted by Gasteiger charge is -2.14. The Kier molecular flexibility index (Phi) is 4.66. The molecule has 1 atom stereocenters. The average molecular weight is 284 g/mol. The van der Waals surface area contributed by atoms with E-state index < -0.39 is 17.9 Å². The van der Waals surface area contributed by atoms with Gasteiger partial charge in [-0.1, -0.05) is 30.3 Å². The SMILES string of the molecule is Cc1cncc(C(=O)N[C@@H](Cc2ccccc2)C(=O)O)c1. The van der Waals surface area contributed by atoms with Gasteiger partial charge in [-0.05, 0) is 24.1 Å². The zero-order chi connectivity index (χ0) is 15.2. The van der Waals surface area contributed by atoms with Crippen molar-refractivity contribution in [3.8, 4) is 0 Å². The van der Waals surface area contributed by atoms with Gasteiger partial charge >= 0.3 is 5.97 Å². The molecule has 0 unspecified atom stereocenters. The van der Waals surface area contributed by atoms with Gasteiger partial charge in [0.05, 0.1) is 5.56 Å². The number of carbonyl (C=O) groups excluding carboxylic acids is 1. The highest BCUT2D eigenvalue weighted by Crippen LogP contribution is 2.06. The van der Waals surface area contributed by atoms with E-state index in [0.717, 1.165) is 11.1 Å². The van der Waals surface area contributed by atoms with Crippen LogP contribution in [-0.2, 0) is 11.2 Å². The molecule has 1 heterocycles. The van der Waals surface area contributed by atoms with Crippen LogP contribution in [0.5, 0.6) is 0 Å². The van der Waals surface area contributed by atoms with Crippen molar-refractivity contribution in [2.45, 2.75) is 19.4 Å². The number of nitrogens with zero attached hydrogens (tertiary/aromatic N) is 1. The first-order valence-corrected chi connectivity index (χ1v) is 6.55. The zero-order valence-electron chi connectivity index (χ0n) is 11.6. The minimum absolute atomic E-state index is 0.237. The van der Waals surface area contributed by atoms with Gasteiger partial charge in [-0.3, -0.25) is 9.78 Å². The monoisotopic (exact) mass is 284 g/mol. The van der Waals surface area contributed by atoms with Gasteiger partial charge in [-0.25, -0.2) is 4.79 Å². The van der Waals surface area contributed by atoms with Gasteiger partial charge in [0.25, 0.3) is 5.91 Å². The number of aromatic nitrogens is 1. The van der Waals surface area contributed by atoms with E-state index in [1.807, 2.05) is 37.3 Å². The summed E-state index contributed by atoms with van der Waals surface area (Å²) in [6.45, 7) is 1.82. The molecule has 5 nitrogen and oxygen atoms in total. The fourth-order valence-corrected chi connectivity index (χ4v) is 1.97. The predicted molar refractivity (Wildman–Crippen MR) is 78.0 cm³/mol. The molecule has 0 saturated carbocycles. The van der Waals surface area contributed by atoms with E-state index in [0.29, 0.717) is 5.56 Å². The summed E-state index contributed by atoms with van der Waals surface area (Å²) in [5, 5.41) is 11.8. The third-order valence-corrected chi connectivity index (χ3v) is 3.02. The molecule has 1 amide bonds. The molecule has 2 aromatic rings. The smallest absolute Gasteiger partial charge is 0.326 e. The van der Waals surface area contributed by atoms with Gasteiger partial charge in [-0.15, -0.1) is 0 Å². The molecule has 1 aromatic heterocycles. The summed E-state index contributed by atoms with van der Waals surface area (Å²) in [5.74, 6) is -1.50. The molecule has 1 aromatic carbocycles. The molecule has 0 aliphatic heterocycles. The molecule has 5 heteroatoms. The molecule has 0 saturated heterocycles. The number of aliphatic carboxylic acids is 1. The van der Waals surface area contributed by atoms with Crippen molar-refractivity contribution in [3.05, 3.63) is 65.5 Å². The first-order valence-electron chi connectivity index (χ1n) is 6.55. The van der Waals surface area contributed by atoms with Crippen LogP contribution in [0.2, 0.25) is 0 Å². The number of aryl methyl sites for hydroxylation is 1. The second-order valence-electron chi connectivity index (χ2n) is 4.80. The van der Waals surface area contributed by atoms with Crippen LogP contribution in [0.3, 0.4) is 0 Å². The summed E-state index contributed by atoms with van der Waals surface area (Å²) in [7, 11) is 0. The number of hydrogen-bond acceptors (Lipinski definition) is 3. The maximum Gasteiger partial charge on any atom is 0.326 e. The van der Waals surface area contributed by atoms with Crippen LogP contribution in [-0.4, -0.2) is 28.0 Å². The van der Waals surface area contributed by atoms with Crippen molar-refractivity contribution >= 4 is 11.9 Å². The summed E-state index contributed by atoms with van der Waals surface area (Å²) in [4.78, 5) is 27.3. The molecule has 0 radical (unpaired) electrons. The van der Waals surface area contributed by atoms with Crippen LogP contribution in [0.25, 0.3) is 0 Å². The lowest BCUT2D eigenvalue weighted by molar-refractivity contribution is -0.139. The number of benzene rings is 1. The number of nitrogens with one attached hydrogen (secondary N) is 1. The fourth-order valence-electron chi connectivity index (χ4n) is 1.97. The van der Waals surface area contributed by atoms with Gasteiger partial charge in [0.2, 0.25) is 0 Å². The van der Waals surface area contributed by atoms with Crippen molar-refractivity contribution in [1.29, 1.82) is 0 Å². The van der Waals surface area contributed by atoms with Crippen LogP contribution in [0.4, 0.5) is 0 Å². The number of hydrogen-bond donors (Lipinski definition) is 2. The highest BCUT2D eigenvalue weighted by Gasteiger charge is 2.21. The quantitative estimate of drug-likeness (QED) is 0.877. The summed E-state index contributed by atoms with van der Waals surface area (Å²) >= 11 is 0. The van der Waals surface area contributed by atoms with Gasteiger partial charge in [0.1, 0.15) is 6.04 Å². The van der Waals surface area contributed by atoms with Crippen molar-refractivity contribution in [3.63, 3.8) is 0 Å². The van der Waals surface area contributed by atoms with Crippen LogP contribution in [0.15, 0.2) is 48.8 Å². The topological polar surface area (TPSA) is 79.3 Å². The van der Waals surface area contributed by atoms with Crippen LogP contribution in [0.1, 0.15) is 21.5 Å². The molecular formula is C16H16N2O3. The predicted octanol–water partition coefficient (Wildman–Crippen LogP) is 1.82. The standard InChI is InChI=1S/C16H16N2O3/c1-11-7-13(10-17-9-11)15(19)18-14(16(20)21)8-12-5-3-2-4-6-12/h2-7,9-10,14H,8H2,1H3,(H,18,19)(H,20,21)/t14-/m0/s1. The van der Waals surface area contributed by atoms with Gasteiger partial charge in [-0.2, -0.15) is 0 Å².